The van der Waals surface area contributed by atoms with E-state index >= 15 is 0 Å². The zero-order valence-electron chi connectivity index (χ0n) is 17.3. The normalized spacial score (nSPS) is 16.0. The van der Waals surface area contributed by atoms with Gasteiger partial charge in [0.15, 0.2) is 5.16 Å². The molecule has 6 nitrogen and oxygen atoms in total. The van der Waals surface area contributed by atoms with Gasteiger partial charge in [-0.1, -0.05) is 30.0 Å². The molecule has 0 fully saturated rings. The highest BCUT2D eigenvalue weighted by atomic mass is 32.2. The number of aromatic nitrogens is 2. The molecule has 1 aromatic heterocycles. The van der Waals surface area contributed by atoms with E-state index in [-0.39, 0.29) is 30.0 Å². The first-order chi connectivity index (χ1) is 14.4. The largest absolute Gasteiger partial charge is 0.324 e. The Labute approximate surface area is 180 Å². The first-order valence-electron chi connectivity index (χ1n) is 9.88. The maximum Gasteiger partial charge on any atom is 0.237 e. The number of para-hydroxylation sites is 2. The van der Waals surface area contributed by atoms with Gasteiger partial charge in [-0.3, -0.25) is 14.2 Å². The van der Waals surface area contributed by atoms with Crippen molar-refractivity contribution >= 4 is 35.0 Å². The molecule has 4 rings (SSSR count). The number of imidazole rings is 1. The van der Waals surface area contributed by atoms with Crippen LogP contribution in [0.2, 0.25) is 0 Å². The number of carbonyl (C=O) groups excluding carboxylic acids is 2. The molecule has 1 atom stereocenters. The first kappa shape index (κ1) is 20.2. The van der Waals surface area contributed by atoms with E-state index in [1.54, 1.807) is 11.1 Å². The Bertz CT molecular complexity index is 1090. The predicted molar refractivity (Wildman–Crippen MR) is 120 cm³/mol. The number of nitrogens with zero attached hydrogens (tertiary/aromatic N) is 3. The van der Waals surface area contributed by atoms with Crippen molar-refractivity contribution in [2.24, 2.45) is 0 Å². The monoisotopic (exact) mass is 420 g/mol. The summed E-state index contributed by atoms with van der Waals surface area (Å²) in [5, 5.41) is 3.65. The van der Waals surface area contributed by atoms with E-state index in [1.807, 2.05) is 42.0 Å². The molecule has 154 valence electrons. The average Bonchev–Trinajstić information content (AvgIpc) is 3.10. The second-order valence-corrected chi connectivity index (χ2v) is 8.54. The van der Waals surface area contributed by atoms with Crippen LogP contribution in [0, 0.1) is 13.8 Å². The van der Waals surface area contributed by atoms with Gasteiger partial charge in [-0.15, -0.1) is 0 Å². The zero-order valence-corrected chi connectivity index (χ0v) is 18.1. The lowest BCUT2D eigenvalue weighted by Crippen LogP contribution is -2.40. The Kier molecular flexibility index (Phi) is 5.63. The summed E-state index contributed by atoms with van der Waals surface area (Å²) in [6, 6.07) is 13.5. The van der Waals surface area contributed by atoms with Crippen molar-refractivity contribution in [1.29, 1.82) is 0 Å². The minimum Gasteiger partial charge on any atom is -0.324 e. The smallest absolute Gasteiger partial charge is 0.237 e. The molecular weight excluding hydrogens is 396 g/mol. The lowest BCUT2D eigenvalue weighted by molar-refractivity contribution is -0.117. The van der Waals surface area contributed by atoms with Crippen LogP contribution < -0.4 is 10.2 Å². The van der Waals surface area contributed by atoms with Crippen LogP contribution in [0.1, 0.15) is 24.5 Å². The summed E-state index contributed by atoms with van der Waals surface area (Å²) in [5.74, 6) is 0.101. The number of amides is 2. The summed E-state index contributed by atoms with van der Waals surface area (Å²) in [6.45, 7) is 6.04. The number of hydrogen-bond donors (Lipinski definition) is 1. The van der Waals surface area contributed by atoms with Gasteiger partial charge in [0.2, 0.25) is 11.8 Å². The summed E-state index contributed by atoms with van der Waals surface area (Å²) in [4.78, 5) is 31.5. The topological polar surface area (TPSA) is 67.2 Å². The number of rotatable bonds is 4. The van der Waals surface area contributed by atoms with Crippen molar-refractivity contribution < 1.29 is 9.59 Å². The van der Waals surface area contributed by atoms with Crippen LogP contribution in [0.15, 0.2) is 60.0 Å². The van der Waals surface area contributed by atoms with E-state index in [2.05, 4.69) is 42.3 Å². The Hall–Kier alpha value is -3.06. The second-order valence-electron chi connectivity index (χ2n) is 7.60. The van der Waals surface area contributed by atoms with Gasteiger partial charge in [-0.05, 0) is 56.2 Å². The van der Waals surface area contributed by atoms with Crippen LogP contribution in [0.5, 0.6) is 0 Å². The molecule has 0 saturated carbocycles. The third-order valence-electron chi connectivity index (χ3n) is 5.04. The molecule has 0 spiro atoms. The number of hydrogen-bond acceptors (Lipinski definition) is 4. The fourth-order valence-electron chi connectivity index (χ4n) is 3.85. The molecule has 2 aromatic carbocycles. The van der Waals surface area contributed by atoms with Crippen LogP contribution in [0.3, 0.4) is 0 Å². The van der Waals surface area contributed by atoms with Crippen LogP contribution in [0.25, 0.3) is 5.69 Å². The maximum atomic E-state index is 13.2. The summed E-state index contributed by atoms with van der Waals surface area (Å²) in [5.41, 5.74) is 4.79. The quantitative estimate of drug-likeness (QED) is 0.638. The summed E-state index contributed by atoms with van der Waals surface area (Å²) < 4.78 is 2.00. The highest BCUT2D eigenvalue weighted by Crippen LogP contribution is 2.32. The summed E-state index contributed by atoms with van der Waals surface area (Å²) >= 11 is 1.40. The lowest BCUT2D eigenvalue weighted by Gasteiger charge is -2.27. The van der Waals surface area contributed by atoms with Crippen molar-refractivity contribution in [3.63, 3.8) is 0 Å². The lowest BCUT2D eigenvalue weighted by atomic mass is 10.1. The highest BCUT2D eigenvalue weighted by Gasteiger charge is 2.29. The summed E-state index contributed by atoms with van der Waals surface area (Å²) in [7, 11) is 0. The van der Waals surface area contributed by atoms with Gasteiger partial charge in [0.05, 0.1) is 17.1 Å². The van der Waals surface area contributed by atoms with Gasteiger partial charge >= 0.3 is 0 Å². The minimum absolute atomic E-state index is 0.0496. The molecule has 2 amide bonds. The number of thioether (sulfide) groups is 1. The van der Waals surface area contributed by atoms with Crippen molar-refractivity contribution in [2.45, 2.75) is 38.4 Å². The number of nitrogens with one attached hydrogen (secondary N) is 1. The molecule has 0 aliphatic carbocycles. The molecule has 7 heteroatoms. The van der Waals surface area contributed by atoms with Gasteiger partial charge < -0.3 is 10.2 Å². The van der Waals surface area contributed by atoms with Crippen molar-refractivity contribution in [3.05, 3.63) is 66.0 Å². The molecular formula is C23H24N4O2S. The van der Waals surface area contributed by atoms with E-state index < -0.39 is 0 Å². The Balaban J connectivity index is 1.56. The third-order valence-corrected chi connectivity index (χ3v) is 6.00. The second kappa shape index (κ2) is 8.36. The van der Waals surface area contributed by atoms with Gasteiger partial charge in [0.25, 0.3) is 0 Å². The molecule has 2 heterocycles. The number of benzene rings is 2. The van der Waals surface area contributed by atoms with Gasteiger partial charge in [-0.2, -0.15) is 0 Å². The number of fused-ring (bicyclic) bond motifs is 1. The van der Waals surface area contributed by atoms with E-state index in [9.17, 15) is 9.59 Å². The van der Waals surface area contributed by atoms with E-state index in [0.717, 1.165) is 16.5 Å². The van der Waals surface area contributed by atoms with Gasteiger partial charge in [0.1, 0.15) is 0 Å². The zero-order chi connectivity index (χ0) is 21.3. The average molecular weight is 421 g/mol. The van der Waals surface area contributed by atoms with Gasteiger partial charge in [0, 0.05) is 30.5 Å². The first-order valence-corrected chi connectivity index (χ1v) is 10.9. The highest BCUT2D eigenvalue weighted by molar-refractivity contribution is 7.99. The third kappa shape index (κ3) is 4.11. The fourth-order valence-corrected chi connectivity index (χ4v) is 4.68. The SMILES string of the molecule is Cc1cc(C)cc(-n2ccnc2SCC(=O)N2c3ccccc3NC(=O)CC2C)c1. The minimum atomic E-state index is -0.221. The van der Waals surface area contributed by atoms with E-state index in [1.165, 1.54) is 22.9 Å². The van der Waals surface area contributed by atoms with Crippen LogP contribution in [-0.2, 0) is 9.59 Å². The number of aryl methyl sites for hydroxylation is 2. The molecule has 1 N–H and O–H groups in total. The Morgan fingerprint density at radius 2 is 1.93 bits per heavy atom. The molecule has 0 radical (unpaired) electrons. The molecule has 0 saturated heterocycles. The Morgan fingerprint density at radius 1 is 1.20 bits per heavy atom. The van der Waals surface area contributed by atoms with Crippen LogP contribution in [0.4, 0.5) is 11.4 Å². The fraction of sp³-hybridized carbons (Fsp3) is 0.261. The summed E-state index contributed by atoms with van der Waals surface area (Å²) in [6.07, 6.45) is 3.92. The number of carbonyl (C=O) groups is 2. The van der Waals surface area contributed by atoms with Crippen molar-refractivity contribution in [1.82, 2.24) is 9.55 Å². The van der Waals surface area contributed by atoms with Gasteiger partial charge in [-0.25, -0.2) is 4.98 Å². The maximum absolute atomic E-state index is 13.2. The molecule has 3 aromatic rings. The Morgan fingerprint density at radius 3 is 2.70 bits per heavy atom. The van der Waals surface area contributed by atoms with E-state index in [4.69, 9.17) is 0 Å². The predicted octanol–water partition coefficient (Wildman–Crippen LogP) is 4.35. The van der Waals surface area contributed by atoms with Crippen LogP contribution >= 0.6 is 11.8 Å². The van der Waals surface area contributed by atoms with E-state index in [0.29, 0.717) is 5.69 Å². The molecule has 0 bridgehead atoms. The molecule has 1 aliphatic heterocycles. The van der Waals surface area contributed by atoms with Crippen molar-refractivity contribution in [2.75, 3.05) is 16.0 Å². The van der Waals surface area contributed by atoms with Crippen molar-refractivity contribution in [3.8, 4) is 5.69 Å². The standard InChI is InChI=1S/C23H24N4O2S/c1-15-10-16(2)12-18(11-15)26-9-8-24-23(26)30-14-22(29)27-17(3)13-21(28)25-19-6-4-5-7-20(19)27/h4-12,17H,13-14H2,1-3H3,(H,25,28). The molecule has 30 heavy (non-hydrogen) atoms. The number of anilines is 2. The molecule has 1 aliphatic rings. The van der Waals surface area contributed by atoms with Crippen LogP contribution in [-0.4, -0.2) is 33.2 Å². The molecule has 1 unspecified atom stereocenters.